The Morgan fingerprint density at radius 3 is 2.47 bits per heavy atom. The second kappa shape index (κ2) is 10.6. The lowest BCUT2D eigenvalue weighted by Crippen LogP contribution is -2.28. The van der Waals surface area contributed by atoms with Gasteiger partial charge < -0.3 is 14.6 Å². The zero-order chi connectivity index (χ0) is 24.8. The molecular formula is C28H31NO5. The zero-order valence-electron chi connectivity index (χ0n) is 19.9. The van der Waals surface area contributed by atoms with Crippen molar-refractivity contribution in [3.8, 4) is 17.6 Å². The van der Waals surface area contributed by atoms with Crippen LogP contribution in [0.15, 0.2) is 66.7 Å². The number of carbonyl (C=O) groups excluding carboxylic acids is 1. The van der Waals surface area contributed by atoms with Crippen LogP contribution in [0.1, 0.15) is 51.5 Å². The number of hydrogen-bond donors (Lipinski definition) is 1. The number of esters is 1. The van der Waals surface area contributed by atoms with E-state index in [1.165, 1.54) is 6.08 Å². The number of benzene rings is 2. The number of ether oxygens (including phenoxy) is 2. The van der Waals surface area contributed by atoms with Gasteiger partial charge >= 0.3 is 11.9 Å². The van der Waals surface area contributed by atoms with Gasteiger partial charge in [0.05, 0.1) is 18.6 Å². The van der Waals surface area contributed by atoms with Crippen LogP contribution in [0.5, 0.6) is 11.5 Å². The van der Waals surface area contributed by atoms with Crippen LogP contribution >= 0.6 is 0 Å². The van der Waals surface area contributed by atoms with E-state index in [9.17, 15) is 20.0 Å². The van der Waals surface area contributed by atoms with Gasteiger partial charge in [0.25, 0.3) is 0 Å². The molecule has 6 heteroatoms. The van der Waals surface area contributed by atoms with E-state index < -0.39 is 34.6 Å². The minimum atomic E-state index is -1.38. The van der Waals surface area contributed by atoms with Crippen molar-refractivity contribution in [3.63, 3.8) is 0 Å². The average molecular weight is 462 g/mol. The number of carboxylic acid groups (broad SMARTS) is 1. The average Bonchev–Trinajstić information content (AvgIpc) is 3.32. The van der Waals surface area contributed by atoms with Crippen LogP contribution in [0.25, 0.3) is 0 Å². The number of nitriles is 1. The number of carboxylic acids is 1. The van der Waals surface area contributed by atoms with Crippen LogP contribution in [0.4, 0.5) is 0 Å². The first-order chi connectivity index (χ1) is 16.3. The van der Waals surface area contributed by atoms with E-state index in [1.807, 2.05) is 44.2 Å². The molecule has 0 radical (unpaired) electrons. The molecular weight excluding hydrogens is 430 g/mol. The van der Waals surface area contributed by atoms with E-state index >= 15 is 0 Å². The van der Waals surface area contributed by atoms with Gasteiger partial charge in [0.2, 0.25) is 0 Å². The van der Waals surface area contributed by atoms with Crippen molar-refractivity contribution in [2.75, 3.05) is 6.61 Å². The number of nitrogens with zero attached hydrogens (tertiary/aromatic N) is 1. The minimum absolute atomic E-state index is 0.337. The number of hydrogen-bond acceptors (Lipinski definition) is 5. The molecule has 0 unspecified atom stereocenters. The van der Waals surface area contributed by atoms with E-state index in [0.29, 0.717) is 23.7 Å². The Labute approximate surface area is 200 Å². The monoisotopic (exact) mass is 461 g/mol. The first-order valence-corrected chi connectivity index (χ1v) is 11.6. The van der Waals surface area contributed by atoms with E-state index in [-0.39, 0.29) is 0 Å². The molecule has 6 nitrogen and oxygen atoms in total. The molecule has 1 aliphatic rings. The van der Waals surface area contributed by atoms with Crippen LogP contribution in [0, 0.1) is 28.1 Å². The van der Waals surface area contributed by atoms with Gasteiger partial charge in [-0.3, -0.25) is 4.79 Å². The fourth-order valence-electron chi connectivity index (χ4n) is 4.88. The molecule has 3 atom stereocenters. The highest BCUT2D eigenvalue weighted by Gasteiger charge is 2.78. The molecule has 0 amide bonds. The molecule has 0 spiro atoms. The highest BCUT2D eigenvalue weighted by Crippen LogP contribution is 2.75. The summed E-state index contributed by atoms with van der Waals surface area (Å²) in [7, 11) is 0. The third-order valence-corrected chi connectivity index (χ3v) is 6.78. The SMILES string of the molecule is CCCCCOC(=O)/C=C\[C@H]1C(C)(C)[C@]1(C(=O)O)[C@@H](C#N)c1cccc(Oc2ccccc2)c1. The third-order valence-electron chi connectivity index (χ3n) is 6.78. The van der Waals surface area contributed by atoms with Crippen LogP contribution < -0.4 is 4.74 Å². The Morgan fingerprint density at radius 2 is 1.82 bits per heavy atom. The molecule has 1 N–H and O–H groups in total. The predicted octanol–water partition coefficient (Wildman–Crippen LogP) is 6.10. The standard InChI is InChI=1S/C28H31NO5/c1-4-5-9-17-33-25(30)16-15-24-27(2,3)28(24,26(31)32)23(19-29)20-11-10-14-22(18-20)34-21-12-7-6-8-13-21/h6-8,10-16,18,23-24H,4-5,9,17H2,1-3H3,(H,31,32)/b16-15-/t23-,24-,28+/m0/s1. The summed E-state index contributed by atoms with van der Waals surface area (Å²) in [6.07, 6.45) is 5.68. The lowest BCUT2D eigenvalue weighted by Gasteiger charge is -2.22. The molecule has 2 aromatic carbocycles. The maximum atomic E-state index is 12.6. The maximum absolute atomic E-state index is 12.6. The number of carbonyl (C=O) groups is 2. The van der Waals surface area contributed by atoms with Crippen molar-refractivity contribution in [2.24, 2.45) is 16.7 Å². The molecule has 0 saturated heterocycles. The topological polar surface area (TPSA) is 96.6 Å². The highest BCUT2D eigenvalue weighted by molar-refractivity contribution is 5.86. The maximum Gasteiger partial charge on any atom is 0.330 e. The van der Waals surface area contributed by atoms with Gasteiger partial charge in [-0.05, 0) is 41.7 Å². The Bertz CT molecular complexity index is 1090. The molecule has 1 fully saturated rings. The summed E-state index contributed by atoms with van der Waals surface area (Å²) in [5.41, 5.74) is -1.56. The van der Waals surface area contributed by atoms with Crippen LogP contribution in [-0.2, 0) is 14.3 Å². The summed E-state index contributed by atoms with van der Waals surface area (Å²) in [5, 5.41) is 20.4. The number of rotatable bonds is 11. The molecule has 1 saturated carbocycles. The van der Waals surface area contributed by atoms with E-state index in [0.717, 1.165) is 19.3 Å². The van der Waals surface area contributed by atoms with Crippen molar-refractivity contribution < 1.29 is 24.2 Å². The second-order valence-corrected chi connectivity index (χ2v) is 9.16. The molecule has 2 aromatic rings. The lowest BCUT2D eigenvalue weighted by molar-refractivity contribution is -0.145. The number of unbranched alkanes of at least 4 members (excludes halogenated alkanes) is 2. The molecule has 1 aliphatic carbocycles. The van der Waals surface area contributed by atoms with Crippen molar-refractivity contribution in [1.82, 2.24) is 0 Å². The van der Waals surface area contributed by atoms with Crippen molar-refractivity contribution in [1.29, 1.82) is 5.26 Å². The van der Waals surface area contributed by atoms with E-state index in [2.05, 4.69) is 13.0 Å². The first kappa shape index (κ1) is 25.0. The van der Waals surface area contributed by atoms with Gasteiger partial charge in [0.1, 0.15) is 16.9 Å². The normalized spacial score (nSPS) is 21.4. The summed E-state index contributed by atoms with van der Waals surface area (Å²) in [4.78, 5) is 24.7. The summed E-state index contributed by atoms with van der Waals surface area (Å²) in [6, 6.07) is 18.4. The van der Waals surface area contributed by atoms with Gasteiger partial charge in [0, 0.05) is 12.0 Å². The Kier molecular flexibility index (Phi) is 7.78. The summed E-state index contributed by atoms with van der Waals surface area (Å²) in [6.45, 7) is 6.04. The zero-order valence-corrected chi connectivity index (χ0v) is 19.9. The van der Waals surface area contributed by atoms with E-state index in [1.54, 1.807) is 30.3 Å². The molecule has 0 aromatic heterocycles. The van der Waals surface area contributed by atoms with E-state index in [4.69, 9.17) is 9.47 Å². The van der Waals surface area contributed by atoms with Gasteiger partial charge in [-0.15, -0.1) is 0 Å². The van der Waals surface area contributed by atoms with Gasteiger partial charge in [0.15, 0.2) is 0 Å². The van der Waals surface area contributed by atoms with Gasteiger partial charge in [-0.25, -0.2) is 4.79 Å². The third kappa shape index (κ3) is 4.84. The van der Waals surface area contributed by atoms with Gasteiger partial charge in [-0.2, -0.15) is 5.26 Å². The summed E-state index contributed by atoms with van der Waals surface area (Å²) >= 11 is 0. The lowest BCUT2D eigenvalue weighted by atomic mass is 9.78. The summed E-state index contributed by atoms with van der Waals surface area (Å²) in [5.74, 6) is -1.84. The molecule has 3 rings (SSSR count). The Morgan fingerprint density at radius 1 is 1.12 bits per heavy atom. The molecule has 178 valence electrons. The minimum Gasteiger partial charge on any atom is -0.481 e. The molecule has 0 bridgehead atoms. The molecule has 0 aliphatic heterocycles. The molecule has 34 heavy (non-hydrogen) atoms. The first-order valence-electron chi connectivity index (χ1n) is 11.6. The van der Waals surface area contributed by atoms with Crippen molar-refractivity contribution in [2.45, 2.75) is 46.0 Å². The Hall–Kier alpha value is -3.59. The van der Waals surface area contributed by atoms with Crippen molar-refractivity contribution in [3.05, 3.63) is 72.3 Å². The number of allylic oxidation sites excluding steroid dienone is 1. The Balaban J connectivity index is 1.84. The molecule has 0 heterocycles. The fraction of sp³-hybridized carbons (Fsp3) is 0.393. The van der Waals surface area contributed by atoms with Crippen LogP contribution in [-0.4, -0.2) is 23.7 Å². The number of para-hydroxylation sites is 1. The smallest absolute Gasteiger partial charge is 0.330 e. The largest absolute Gasteiger partial charge is 0.481 e. The van der Waals surface area contributed by atoms with Crippen molar-refractivity contribution >= 4 is 11.9 Å². The predicted molar refractivity (Wildman–Crippen MR) is 128 cm³/mol. The number of aliphatic carboxylic acids is 1. The quantitative estimate of drug-likeness (QED) is 0.247. The van der Waals surface area contributed by atoms with Gasteiger partial charge in [-0.1, -0.05) is 70.0 Å². The second-order valence-electron chi connectivity index (χ2n) is 9.16. The van der Waals surface area contributed by atoms with Crippen LogP contribution in [0.3, 0.4) is 0 Å². The van der Waals surface area contributed by atoms with Crippen LogP contribution in [0.2, 0.25) is 0 Å². The fourth-order valence-corrected chi connectivity index (χ4v) is 4.88. The summed E-state index contributed by atoms with van der Waals surface area (Å²) < 4.78 is 11.1. The highest BCUT2D eigenvalue weighted by atomic mass is 16.5.